The number of thioether (sulfide) groups is 1. The molecule has 1 amide bonds. The molecule has 2 atom stereocenters. The summed E-state index contributed by atoms with van der Waals surface area (Å²) in [5, 5.41) is 9.93. The molecule has 2 N–H and O–H groups in total. The lowest BCUT2D eigenvalue weighted by molar-refractivity contribution is -0.120. The van der Waals surface area contributed by atoms with Crippen LogP contribution in [0.4, 0.5) is 0 Å². The summed E-state index contributed by atoms with van der Waals surface area (Å²) < 4.78 is 23.0. The lowest BCUT2D eigenvalue weighted by atomic mass is 10.1. The molecule has 0 spiro atoms. The molecule has 9 heteroatoms. The second-order valence-electron chi connectivity index (χ2n) is 6.39. The van der Waals surface area contributed by atoms with Gasteiger partial charge in [-0.1, -0.05) is 43.0 Å². The Hall–Kier alpha value is -1.87. The van der Waals surface area contributed by atoms with Gasteiger partial charge in [-0.25, -0.2) is 13.4 Å². The van der Waals surface area contributed by atoms with Crippen molar-refractivity contribution in [3.05, 3.63) is 29.8 Å². The van der Waals surface area contributed by atoms with E-state index in [4.69, 9.17) is 0 Å². The highest BCUT2D eigenvalue weighted by atomic mass is 32.2. The Labute approximate surface area is 157 Å². The molecule has 26 heavy (non-hydrogen) atoms. The van der Waals surface area contributed by atoms with Gasteiger partial charge in [-0.15, -0.1) is 5.10 Å². The average molecular weight is 395 g/mol. The highest BCUT2D eigenvalue weighted by molar-refractivity contribution is 8.00. The van der Waals surface area contributed by atoms with Gasteiger partial charge in [0.05, 0.1) is 16.8 Å². The minimum Gasteiger partial charge on any atom is -0.351 e. The second kappa shape index (κ2) is 7.79. The van der Waals surface area contributed by atoms with Crippen LogP contribution in [0.1, 0.15) is 25.8 Å². The summed E-state index contributed by atoms with van der Waals surface area (Å²) in [7, 11) is -3.01. The summed E-state index contributed by atoms with van der Waals surface area (Å²) in [5.41, 5.74) is 2.19. The Balaban J connectivity index is 1.58. The summed E-state index contributed by atoms with van der Waals surface area (Å²) in [6.45, 7) is 3.86. The van der Waals surface area contributed by atoms with Crippen molar-refractivity contribution in [2.24, 2.45) is 0 Å². The van der Waals surface area contributed by atoms with Crippen molar-refractivity contribution in [2.45, 2.75) is 43.1 Å². The van der Waals surface area contributed by atoms with E-state index in [1.165, 1.54) is 17.3 Å². The first-order valence-electron chi connectivity index (χ1n) is 8.55. The third kappa shape index (κ3) is 4.64. The molecule has 1 aromatic heterocycles. The number of hydrogen-bond acceptors (Lipinski definition) is 6. The minimum absolute atomic E-state index is 0.0225. The number of hydrogen-bond donors (Lipinski definition) is 2. The number of benzene rings is 1. The fourth-order valence-corrected chi connectivity index (χ4v) is 5.17. The van der Waals surface area contributed by atoms with Gasteiger partial charge in [0.1, 0.15) is 0 Å². The van der Waals surface area contributed by atoms with Crippen LogP contribution in [0, 0.1) is 0 Å². The Morgan fingerprint density at radius 3 is 2.73 bits per heavy atom. The van der Waals surface area contributed by atoms with E-state index in [-0.39, 0.29) is 23.5 Å². The molecule has 7 nitrogen and oxygen atoms in total. The Morgan fingerprint density at radius 2 is 2.12 bits per heavy atom. The van der Waals surface area contributed by atoms with Gasteiger partial charge in [-0.2, -0.15) is 0 Å². The van der Waals surface area contributed by atoms with E-state index in [0.717, 1.165) is 12.0 Å². The van der Waals surface area contributed by atoms with Crippen LogP contribution in [0.25, 0.3) is 11.4 Å². The summed E-state index contributed by atoms with van der Waals surface area (Å²) in [5.74, 6) is 0.621. The lowest BCUT2D eigenvalue weighted by Crippen LogP contribution is -2.39. The Morgan fingerprint density at radius 1 is 1.38 bits per heavy atom. The lowest BCUT2D eigenvalue weighted by Gasteiger charge is -2.14. The number of sulfone groups is 1. The molecule has 3 rings (SSSR count). The highest BCUT2D eigenvalue weighted by Gasteiger charge is 2.30. The van der Waals surface area contributed by atoms with Crippen molar-refractivity contribution in [1.29, 1.82) is 0 Å². The Bertz CT molecular complexity index is 878. The zero-order valence-electron chi connectivity index (χ0n) is 14.7. The van der Waals surface area contributed by atoms with Crippen LogP contribution in [0.15, 0.2) is 29.4 Å². The number of H-pyrrole nitrogens is 1. The summed E-state index contributed by atoms with van der Waals surface area (Å²) >= 11 is 1.24. The number of aryl methyl sites for hydroxylation is 1. The maximum Gasteiger partial charge on any atom is 0.233 e. The van der Waals surface area contributed by atoms with Crippen molar-refractivity contribution in [1.82, 2.24) is 20.5 Å². The van der Waals surface area contributed by atoms with Crippen molar-refractivity contribution >= 4 is 27.5 Å². The first-order chi connectivity index (χ1) is 12.4. The molecule has 1 aromatic carbocycles. The summed E-state index contributed by atoms with van der Waals surface area (Å²) in [4.78, 5) is 16.7. The standard InChI is InChI=1S/C17H22N4O3S2/c1-3-12-4-6-13(7-5-12)15-19-17(21-20-15)25-11(2)16(22)18-14-8-9-26(23,24)10-14/h4-7,11,14H,3,8-10H2,1-2H3,(H,18,22)(H,19,20,21)/t11-,14+/m0/s1. The van der Waals surface area contributed by atoms with E-state index in [1.54, 1.807) is 6.92 Å². The van der Waals surface area contributed by atoms with Gasteiger partial charge < -0.3 is 5.32 Å². The molecule has 140 valence electrons. The van der Waals surface area contributed by atoms with Crippen LogP contribution in [-0.2, 0) is 21.1 Å². The number of aromatic nitrogens is 3. The van der Waals surface area contributed by atoms with Crippen LogP contribution in [0.2, 0.25) is 0 Å². The molecule has 1 saturated heterocycles. The van der Waals surface area contributed by atoms with Crippen LogP contribution in [-0.4, -0.2) is 52.3 Å². The molecule has 0 saturated carbocycles. The predicted octanol–water partition coefficient (Wildman–Crippen LogP) is 1.82. The number of rotatable bonds is 6. The van der Waals surface area contributed by atoms with E-state index < -0.39 is 15.1 Å². The number of nitrogens with one attached hydrogen (secondary N) is 2. The predicted molar refractivity (Wildman–Crippen MR) is 102 cm³/mol. The molecule has 0 radical (unpaired) electrons. The van der Waals surface area contributed by atoms with Gasteiger partial charge in [0.2, 0.25) is 11.1 Å². The largest absolute Gasteiger partial charge is 0.351 e. The molecule has 0 bridgehead atoms. The molecular formula is C17H22N4O3S2. The third-order valence-corrected chi connectivity index (χ3v) is 7.06. The zero-order valence-corrected chi connectivity index (χ0v) is 16.4. The third-order valence-electron chi connectivity index (χ3n) is 4.33. The van der Waals surface area contributed by atoms with Crippen molar-refractivity contribution in [3.63, 3.8) is 0 Å². The quantitative estimate of drug-likeness (QED) is 0.724. The molecular weight excluding hydrogens is 372 g/mol. The number of nitrogens with zero attached hydrogens (tertiary/aromatic N) is 2. The topological polar surface area (TPSA) is 105 Å². The number of carbonyl (C=O) groups is 1. The zero-order chi connectivity index (χ0) is 18.7. The monoisotopic (exact) mass is 394 g/mol. The normalized spacial score (nSPS) is 20.0. The second-order valence-corrected chi connectivity index (χ2v) is 9.92. The van der Waals surface area contributed by atoms with Gasteiger partial charge in [-0.05, 0) is 25.3 Å². The summed E-state index contributed by atoms with van der Waals surface area (Å²) in [6.07, 6.45) is 1.46. The molecule has 1 fully saturated rings. The van der Waals surface area contributed by atoms with Gasteiger partial charge in [-0.3, -0.25) is 9.89 Å². The van der Waals surface area contributed by atoms with Crippen molar-refractivity contribution < 1.29 is 13.2 Å². The maximum atomic E-state index is 12.3. The van der Waals surface area contributed by atoms with E-state index in [0.29, 0.717) is 17.4 Å². The fraction of sp³-hybridized carbons (Fsp3) is 0.471. The minimum atomic E-state index is -3.01. The number of aromatic amines is 1. The van der Waals surface area contributed by atoms with E-state index >= 15 is 0 Å². The SMILES string of the molecule is CCc1ccc(-c2nc(S[C@@H](C)C(=O)N[C@@H]3CCS(=O)(=O)C3)n[nH]2)cc1. The molecule has 2 heterocycles. The highest BCUT2D eigenvalue weighted by Crippen LogP contribution is 2.23. The smallest absolute Gasteiger partial charge is 0.233 e. The van der Waals surface area contributed by atoms with Gasteiger partial charge >= 0.3 is 0 Å². The molecule has 1 aliphatic heterocycles. The first-order valence-corrected chi connectivity index (χ1v) is 11.3. The van der Waals surface area contributed by atoms with Gasteiger partial charge in [0.15, 0.2) is 15.7 Å². The molecule has 1 aliphatic rings. The molecule has 0 aliphatic carbocycles. The van der Waals surface area contributed by atoms with Crippen LogP contribution < -0.4 is 5.32 Å². The molecule has 2 aromatic rings. The van der Waals surface area contributed by atoms with Crippen LogP contribution in [0.5, 0.6) is 0 Å². The first kappa shape index (κ1) is 18.9. The van der Waals surface area contributed by atoms with Crippen molar-refractivity contribution in [3.8, 4) is 11.4 Å². The maximum absolute atomic E-state index is 12.3. The van der Waals surface area contributed by atoms with Crippen LogP contribution >= 0.6 is 11.8 Å². The Kier molecular flexibility index (Phi) is 5.67. The fourth-order valence-electron chi connectivity index (χ4n) is 2.77. The number of carbonyl (C=O) groups excluding carboxylic acids is 1. The average Bonchev–Trinajstić information content (AvgIpc) is 3.21. The summed E-state index contributed by atoms with van der Waals surface area (Å²) in [6, 6.07) is 7.79. The van der Waals surface area contributed by atoms with Crippen LogP contribution in [0.3, 0.4) is 0 Å². The van der Waals surface area contributed by atoms with E-state index in [9.17, 15) is 13.2 Å². The van der Waals surface area contributed by atoms with Crippen molar-refractivity contribution in [2.75, 3.05) is 11.5 Å². The van der Waals surface area contributed by atoms with E-state index in [2.05, 4.69) is 39.6 Å². The van der Waals surface area contributed by atoms with Gasteiger partial charge in [0, 0.05) is 11.6 Å². The van der Waals surface area contributed by atoms with Gasteiger partial charge in [0.25, 0.3) is 0 Å². The molecule has 0 unspecified atom stereocenters. The van der Waals surface area contributed by atoms with E-state index in [1.807, 2.05) is 12.1 Å². The number of amides is 1.